The van der Waals surface area contributed by atoms with Crippen LogP contribution in [0.5, 0.6) is 0 Å². The molecule has 3 aromatic rings. The zero-order valence-electron chi connectivity index (χ0n) is 12.3. The van der Waals surface area contributed by atoms with Crippen LogP contribution in [-0.2, 0) is 6.42 Å². The monoisotopic (exact) mass is 379 g/mol. The molecule has 0 bridgehead atoms. The van der Waals surface area contributed by atoms with Gasteiger partial charge < -0.3 is 9.84 Å². The number of aryl methyl sites for hydroxylation is 2. The summed E-state index contributed by atoms with van der Waals surface area (Å²) in [6, 6.07) is 7.82. The lowest BCUT2D eigenvalue weighted by atomic mass is 10.1. The molecule has 0 saturated heterocycles. The number of fused-ring (bicyclic) bond motifs is 1. The summed E-state index contributed by atoms with van der Waals surface area (Å²) in [5, 5.41) is 8.93. The highest BCUT2D eigenvalue weighted by Crippen LogP contribution is 2.27. The number of nitrogens with zero attached hydrogens (tertiary/aromatic N) is 2. The molecule has 0 spiro atoms. The van der Waals surface area contributed by atoms with Crippen LogP contribution in [0.2, 0.25) is 5.02 Å². The second-order valence-electron chi connectivity index (χ2n) is 5.14. The summed E-state index contributed by atoms with van der Waals surface area (Å²) in [5.74, 6) is 1.68. The van der Waals surface area contributed by atoms with Gasteiger partial charge in [0.05, 0.1) is 16.2 Å². The lowest BCUT2D eigenvalue weighted by Crippen LogP contribution is -2.07. The number of anilines is 1. The van der Waals surface area contributed by atoms with Crippen LogP contribution in [-0.4, -0.2) is 16.7 Å². The molecular weight excluding hydrogens is 366 g/mol. The Labute approximate surface area is 142 Å². The Hall–Kier alpha value is -1.59. The van der Waals surface area contributed by atoms with Gasteiger partial charge in [0.15, 0.2) is 0 Å². The minimum Gasteiger partial charge on any atom is -0.370 e. The third kappa shape index (κ3) is 3.10. The van der Waals surface area contributed by atoms with Crippen molar-refractivity contribution in [1.82, 2.24) is 10.1 Å². The normalized spacial score (nSPS) is 11.1. The summed E-state index contributed by atoms with van der Waals surface area (Å²) < 4.78 is 6.12. The van der Waals surface area contributed by atoms with E-state index in [1.807, 2.05) is 38.1 Å². The SMILES string of the molecule is Cc1noc(C)c1CCNc1ccc2cc(Br)cc(Cl)c2n1. The molecule has 0 amide bonds. The number of hydrogen-bond acceptors (Lipinski definition) is 4. The molecule has 114 valence electrons. The van der Waals surface area contributed by atoms with Crippen molar-refractivity contribution in [3.05, 3.63) is 50.8 Å². The fourth-order valence-electron chi connectivity index (χ4n) is 2.43. The molecular formula is C16H15BrClN3O. The Morgan fingerprint density at radius 1 is 1.27 bits per heavy atom. The molecule has 0 fully saturated rings. The van der Waals surface area contributed by atoms with Gasteiger partial charge in [0.25, 0.3) is 0 Å². The van der Waals surface area contributed by atoms with Gasteiger partial charge in [-0.25, -0.2) is 4.98 Å². The van der Waals surface area contributed by atoms with Gasteiger partial charge >= 0.3 is 0 Å². The first-order chi connectivity index (χ1) is 10.5. The van der Waals surface area contributed by atoms with Gasteiger partial charge in [0.1, 0.15) is 11.6 Å². The van der Waals surface area contributed by atoms with Gasteiger partial charge in [-0.3, -0.25) is 0 Å². The van der Waals surface area contributed by atoms with E-state index >= 15 is 0 Å². The standard InChI is InChI=1S/C16H15BrClN3O/c1-9-13(10(2)22-21-9)5-6-19-15-4-3-11-7-12(17)8-14(18)16(11)20-15/h3-4,7-8H,5-6H2,1-2H3,(H,19,20). The maximum atomic E-state index is 6.25. The maximum Gasteiger partial charge on any atom is 0.137 e. The number of aromatic nitrogens is 2. The van der Waals surface area contributed by atoms with E-state index in [4.69, 9.17) is 16.1 Å². The summed E-state index contributed by atoms with van der Waals surface area (Å²) in [7, 11) is 0. The van der Waals surface area contributed by atoms with Crippen molar-refractivity contribution in [3.63, 3.8) is 0 Å². The van der Waals surface area contributed by atoms with Crippen LogP contribution in [0, 0.1) is 13.8 Å². The summed E-state index contributed by atoms with van der Waals surface area (Å²) >= 11 is 9.69. The van der Waals surface area contributed by atoms with Gasteiger partial charge in [-0.2, -0.15) is 0 Å². The Morgan fingerprint density at radius 2 is 2.09 bits per heavy atom. The van der Waals surface area contributed by atoms with E-state index in [1.54, 1.807) is 0 Å². The number of benzene rings is 1. The quantitative estimate of drug-likeness (QED) is 0.698. The van der Waals surface area contributed by atoms with Crippen molar-refractivity contribution in [1.29, 1.82) is 0 Å². The van der Waals surface area contributed by atoms with E-state index in [0.29, 0.717) is 5.02 Å². The second kappa shape index (κ2) is 6.26. The minimum absolute atomic E-state index is 0.638. The second-order valence-corrected chi connectivity index (χ2v) is 6.46. The highest BCUT2D eigenvalue weighted by atomic mass is 79.9. The highest BCUT2D eigenvalue weighted by Gasteiger charge is 2.09. The first-order valence-corrected chi connectivity index (χ1v) is 8.13. The Balaban J connectivity index is 1.74. The van der Waals surface area contributed by atoms with E-state index in [2.05, 4.69) is 31.4 Å². The molecule has 0 aliphatic rings. The molecule has 0 aliphatic heterocycles. The lowest BCUT2D eigenvalue weighted by molar-refractivity contribution is 0.392. The van der Waals surface area contributed by atoms with Crippen LogP contribution in [0.3, 0.4) is 0 Å². The van der Waals surface area contributed by atoms with Crippen molar-refractivity contribution in [2.24, 2.45) is 0 Å². The number of hydrogen-bond donors (Lipinski definition) is 1. The Morgan fingerprint density at radius 3 is 2.82 bits per heavy atom. The number of nitrogens with one attached hydrogen (secondary N) is 1. The minimum atomic E-state index is 0.638. The summed E-state index contributed by atoms with van der Waals surface area (Å²) in [5.41, 5.74) is 2.89. The molecule has 2 aromatic heterocycles. The zero-order chi connectivity index (χ0) is 15.7. The fourth-order valence-corrected chi connectivity index (χ4v) is 3.31. The van der Waals surface area contributed by atoms with Crippen molar-refractivity contribution in [2.75, 3.05) is 11.9 Å². The third-order valence-corrected chi connectivity index (χ3v) is 4.32. The Bertz CT molecular complexity index is 812. The first kappa shape index (κ1) is 15.3. The zero-order valence-corrected chi connectivity index (χ0v) is 14.6. The predicted octanol–water partition coefficient (Wildman–Crippen LogP) is 4.91. The molecule has 22 heavy (non-hydrogen) atoms. The number of rotatable bonds is 4. The maximum absolute atomic E-state index is 6.25. The largest absolute Gasteiger partial charge is 0.370 e. The fraction of sp³-hybridized carbons (Fsp3) is 0.250. The molecule has 0 unspecified atom stereocenters. The number of pyridine rings is 1. The molecule has 0 atom stereocenters. The highest BCUT2D eigenvalue weighted by molar-refractivity contribution is 9.10. The van der Waals surface area contributed by atoms with Crippen LogP contribution < -0.4 is 5.32 Å². The molecule has 1 aromatic carbocycles. The first-order valence-electron chi connectivity index (χ1n) is 6.96. The van der Waals surface area contributed by atoms with Gasteiger partial charge in [-0.05, 0) is 44.5 Å². The van der Waals surface area contributed by atoms with Crippen LogP contribution in [0.25, 0.3) is 10.9 Å². The van der Waals surface area contributed by atoms with E-state index in [1.165, 1.54) is 0 Å². The van der Waals surface area contributed by atoms with E-state index in [-0.39, 0.29) is 0 Å². The molecule has 0 radical (unpaired) electrons. The Kier molecular flexibility index (Phi) is 4.36. The topological polar surface area (TPSA) is 51.0 Å². The lowest BCUT2D eigenvalue weighted by Gasteiger charge is -2.08. The average molecular weight is 381 g/mol. The van der Waals surface area contributed by atoms with Crippen LogP contribution >= 0.6 is 27.5 Å². The molecule has 2 heterocycles. The smallest absolute Gasteiger partial charge is 0.137 e. The molecule has 6 heteroatoms. The predicted molar refractivity (Wildman–Crippen MR) is 92.6 cm³/mol. The molecule has 0 saturated carbocycles. The van der Waals surface area contributed by atoms with Crippen LogP contribution in [0.1, 0.15) is 17.0 Å². The summed E-state index contributed by atoms with van der Waals surface area (Å²) in [6.45, 7) is 4.65. The number of halogens is 2. The van der Waals surface area contributed by atoms with Crippen molar-refractivity contribution >= 4 is 44.3 Å². The van der Waals surface area contributed by atoms with Gasteiger partial charge in [0.2, 0.25) is 0 Å². The van der Waals surface area contributed by atoms with Crippen molar-refractivity contribution in [2.45, 2.75) is 20.3 Å². The van der Waals surface area contributed by atoms with Crippen LogP contribution in [0.15, 0.2) is 33.3 Å². The van der Waals surface area contributed by atoms with Gasteiger partial charge in [-0.15, -0.1) is 0 Å². The van der Waals surface area contributed by atoms with E-state index < -0.39 is 0 Å². The van der Waals surface area contributed by atoms with Crippen molar-refractivity contribution in [3.8, 4) is 0 Å². The summed E-state index contributed by atoms with van der Waals surface area (Å²) in [4.78, 5) is 4.58. The molecule has 0 aliphatic carbocycles. The molecule has 4 nitrogen and oxygen atoms in total. The van der Waals surface area contributed by atoms with Crippen molar-refractivity contribution < 1.29 is 4.52 Å². The van der Waals surface area contributed by atoms with E-state index in [9.17, 15) is 0 Å². The average Bonchev–Trinajstić information content (AvgIpc) is 2.79. The summed E-state index contributed by atoms with van der Waals surface area (Å²) in [6.07, 6.45) is 0.842. The van der Waals surface area contributed by atoms with Gasteiger partial charge in [0, 0.05) is 22.0 Å². The molecule has 1 N–H and O–H groups in total. The van der Waals surface area contributed by atoms with E-state index in [0.717, 1.165) is 51.2 Å². The molecule has 3 rings (SSSR count). The van der Waals surface area contributed by atoms with Crippen LogP contribution in [0.4, 0.5) is 5.82 Å². The third-order valence-electron chi connectivity index (χ3n) is 3.57. The van der Waals surface area contributed by atoms with Gasteiger partial charge in [-0.1, -0.05) is 32.7 Å².